The van der Waals surface area contributed by atoms with Crippen LogP contribution in [-0.4, -0.2) is 24.3 Å². The van der Waals surface area contributed by atoms with Gasteiger partial charge in [-0.3, -0.25) is 5.32 Å². The Bertz CT molecular complexity index is 251. The van der Waals surface area contributed by atoms with E-state index in [-0.39, 0.29) is 0 Å². The first-order chi connectivity index (χ1) is 7.22. The topological polar surface area (TPSA) is 45.0 Å². The van der Waals surface area contributed by atoms with Crippen molar-refractivity contribution < 1.29 is 4.74 Å². The zero-order valence-corrected chi connectivity index (χ0v) is 9.46. The summed E-state index contributed by atoms with van der Waals surface area (Å²) in [6.45, 7) is 2.48. The largest absolute Gasteiger partial charge is 0.375 e. The Labute approximate surface area is 91.8 Å². The Kier molecular flexibility index (Phi) is 3.28. The fraction of sp³-hybridized carbons (Fsp3) is 0.917. The molecule has 2 fully saturated rings. The number of nitriles is 1. The van der Waals surface area contributed by atoms with Crippen LogP contribution in [0.5, 0.6) is 0 Å². The summed E-state index contributed by atoms with van der Waals surface area (Å²) in [4.78, 5) is 0. The van der Waals surface area contributed by atoms with E-state index in [0.29, 0.717) is 18.8 Å². The van der Waals surface area contributed by atoms with Gasteiger partial charge in [-0.2, -0.15) is 5.26 Å². The molecule has 2 rings (SSSR count). The predicted octanol–water partition coefficient (Wildman–Crippen LogP) is 1.98. The molecule has 0 amide bonds. The lowest BCUT2D eigenvalue weighted by Gasteiger charge is -2.25. The number of hydrogen-bond acceptors (Lipinski definition) is 3. The molecule has 0 spiro atoms. The maximum Gasteiger partial charge on any atom is 0.127 e. The summed E-state index contributed by atoms with van der Waals surface area (Å²) in [6, 6.07) is 2.89. The normalized spacial score (nSPS) is 26.1. The van der Waals surface area contributed by atoms with E-state index in [1.165, 1.54) is 38.5 Å². The maximum atomic E-state index is 9.14. The third-order valence-corrected chi connectivity index (χ3v) is 3.26. The second kappa shape index (κ2) is 4.51. The van der Waals surface area contributed by atoms with Crippen LogP contribution in [0.3, 0.4) is 0 Å². The molecule has 15 heavy (non-hydrogen) atoms. The Hall–Kier alpha value is -0.590. The van der Waals surface area contributed by atoms with Crippen molar-refractivity contribution in [2.24, 2.45) is 0 Å². The van der Waals surface area contributed by atoms with Gasteiger partial charge in [0.2, 0.25) is 0 Å². The molecular formula is C12H20N2O. The Morgan fingerprint density at radius 1 is 1.33 bits per heavy atom. The number of rotatable bonds is 5. The van der Waals surface area contributed by atoms with Crippen molar-refractivity contribution in [2.45, 2.75) is 63.1 Å². The average molecular weight is 208 g/mol. The molecule has 3 heteroatoms. The highest BCUT2D eigenvalue weighted by Gasteiger charge is 2.33. The van der Waals surface area contributed by atoms with Crippen molar-refractivity contribution in [1.82, 2.24) is 5.32 Å². The van der Waals surface area contributed by atoms with Crippen molar-refractivity contribution in [1.29, 1.82) is 5.26 Å². The minimum atomic E-state index is -0.482. The van der Waals surface area contributed by atoms with E-state index < -0.39 is 5.54 Å². The summed E-state index contributed by atoms with van der Waals surface area (Å²) in [7, 11) is 0. The van der Waals surface area contributed by atoms with Gasteiger partial charge in [0.1, 0.15) is 5.54 Å². The minimum absolute atomic E-state index is 0.402. The molecule has 0 saturated heterocycles. The van der Waals surface area contributed by atoms with Crippen molar-refractivity contribution >= 4 is 0 Å². The van der Waals surface area contributed by atoms with E-state index in [4.69, 9.17) is 10.00 Å². The Morgan fingerprint density at radius 3 is 2.53 bits per heavy atom. The summed E-state index contributed by atoms with van der Waals surface area (Å²) in [5.41, 5.74) is -0.482. The molecule has 1 unspecified atom stereocenters. The van der Waals surface area contributed by atoms with E-state index in [1.54, 1.807) is 0 Å². The number of nitrogens with one attached hydrogen (secondary N) is 1. The highest BCUT2D eigenvalue weighted by Crippen LogP contribution is 2.25. The zero-order chi connectivity index (χ0) is 10.7. The van der Waals surface area contributed by atoms with Gasteiger partial charge in [-0.1, -0.05) is 12.8 Å². The standard InChI is InChI=1S/C12H20N2O/c1-12(8-13,14-10-6-7-10)9-15-11-4-2-3-5-11/h10-11,14H,2-7,9H2,1H3. The van der Waals surface area contributed by atoms with Gasteiger partial charge in [-0.25, -0.2) is 0 Å². The molecular weight excluding hydrogens is 188 g/mol. The minimum Gasteiger partial charge on any atom is -0.375 e. The van der Waals surface area contributed by atoms with Gasteiger partial charge in [0.05, 0.1) is 18.8 Å². The van der Waals surface area contributed by atoms with Crippen molar-refractivity contribution in [2.75, 3.05) is 6.61 Å². The molecule has 0 radical (unpaired) electrons. The highest BCUT2D eigenvalue weighted by molar-refractivity contribution is 5.07. The molecule has 2 aliphatic carbocycles. The van der Waals surface area contributed by atoms with Crippen LogP contribution in [0.1, 0.15) is 45.4 Å². The summed E-state index contributed by atoms with van der Waals surface area (Å²) in [5.74, 6) is 0. The fourth-order valence-corrected chi connectivity index (χ4v) is 2.12. The van der Waals surface area contributed by atoms with Gasteiger partial charge in [0.25, 0.3) is 0 Å². The van der Waals surface area contributed by atoms with Crippen LogP contribution in [0, 0.1) is 11.3 Å². The van der Waals surface area contributed by atoms with Gasteiger partial charge in [0, 0.05) is 6.04 Å². The van der Waals surface area contributed by atoms with Gasteiger partial charge in [-0.15, -0.1) is 0 Å². The van der Waals surface area contributed by atoms with Crippen LogP contribution in [0.15, 0.2) is 0 Å². The third-order valence-electron chi connectivity index (χ3n) is 3.26. The summed E-state index contributed by atoms with van der Waals surface area (Å²) < 4.78 is 5.80. The van der Waals surface area contributed by atoms with Crippen molar-refractivity contribution in [3.05, 3.63) is 0 Å². The molecule has 2 saturated carbocycles. The lowest BCUT2D eigenvalue weighted by Crippen LogP contribution is -2.47. The monoisotopic (exact) mass is 208 g/mol. The summed E-state index contributed by atoms with van der Waals surface area (Å²) >= 11 is 0. The average Bonchev–Trinajstić information content (AvgIpc) is 2.88. The van der Waals surface area contributed by atoms with Crippen LogP contribution in [0.25, 0.3) is 0 Å². The Balaban J connectivity index is 1.75. The maximum absolute atomic E-state index is 9.14. The quantitative estimate of drug-likeness (QED) is 0.751. The molecule has 0 aliphatic heterocycles. The Morgan fingerprint density at radius 2 is 2.00 bits per heavy atom. The molecule has 2 aliphatic rings. The lowest BCUT2D eigenvalue weighted by molar-refractivity contribution is 0.0310. The van der Waals surface area contributed by atoms with Crippen molar-refractivity contribution in [3.8, 4) is 6.07 Å². The molecule has 0 aromatic rings. The van der Waals surface area contributed by atoms with Gasteiger partial charge in [-0.05, 0) is 32.6 Å². The van der Waals surface area contributed by atoms with E-state index in [2.05, 4.69) is 11.4 Å². The number of ether oxygens (including phenoxy) is 1. The first-order valence-electron chi connectivity index (χ1n) is 6.02. The van der Waals surface area contributed by atoms with Crippen LogP contribution in [-0.2, 0) is 4.74 Å². The molecule has 1 atom stereocenters. The number of nitrogens with zero attached hydrogens (tertiary/aromatic N) is 1. The molecule has 1 N–H and O–H groups in total. The molecule has 3 nitrogen and oxygen atoms in total. The van der Waals surface area contributed by atoms with E-state index in [0.717, 1.165) is 0 Å². The highest BCUT2D eigenvalue weighted by atomic mass is 16.5. The fourth-order valence-electron chi connectivity index (χ4n) is 2.12. The molecule has 0 bridgehead atoms. The predicted molar refractivity (Wildman–Crippen MR) is 58.4 cm³/mol. The SMILES string of the molecule is CC(C#N)(COC1CCCC1)NC1CC1. The van der Waals surface area contributed by atoms with Crippen LogP contribution in [0.4, 0.5) is 0 Å². The second-order valence-corrected chi connectivity index (χ2v) is 5.08. The lowest BCUT2D eigenvalue weighted by atomic mass is 10.1. The van der Waals surface area contributed by atoms with Gasteiger partial charge >= 0.3 is 0 Å². The first kappa shape index (κ1) is 10.9. The van der Waals surface area contributed by atoms with Crippen LogP contribution < -0.4 is 5.32 Å². The van der Waals surface area contributed by atoms with Gasteiger partial charge < -0.3 is 4.74 Å². The second-order valence-electron chi connectivity index (χ2n) is 5.08. The van der Waals surface area contributed by atoms with Crippen LogP contribution in [0.2, 0.25) is 0 Å². The van der Waals surface area contributed by atoms with E-state index in [1.807, 2.05) is 6.92 Å². The summed E-state index contributed by atoms with van der Waals surface area (Å²) in [5, 5.41) is 12.5. The zero-order valence-electron chi connectivity index (χ0n) is 9.46. The molecule has 84 valence electrons. The molecule has 0 aromatic carbocycles. The smallest absolute Gasteiger partial charge is 0.127 e. The molecule has 0 aromatic heterocycles. The third kappa shape index (κ3) is 3.19. The molecule has 0 heterocycles. The number of hydrogen-bond donors (Lipinski definition) is 1. The van der Waals surface area contributed by atoms with E-state index in [9.17, 15) is 0 Å². The first-order valence-corrected chi connectivity index (χ1v) is 6.02. The van der Waals surface area contributed by atoms with E-state index >= 15 is 0 Å². The van der Waals surface area contributed by atoms with Gasteiger partial charge in [0.15, 0.2) is 0 Å². The van der Waals surface area contributed by atoms with Crippen LogP contribution >= 0.6 is 0 Å². The summed E-state index contributed by atoms with van der Waals surface area (Å²) in [6.07, 6.45) is 7.73. The van der Waals surface area contributed by atoms with Crippen molar-refractivity contribution in [3.63, 3.8) is 0 Å².